The zero-order valence-electron chi connectivity index (χ0n) is 11.6. The molecule has 0 aliphatic heterocycles. The molecule has 7 heteroatoms. The first-order chi connectivity index (χ1) is 9.08. The highest BCUT2D eigenvalue weighted by Gasteiger charge is 2.18. The minimum atomic E-state index is -0.472. The normalized spacial score (nSPS) is 11.9. The molecule has 1 aromatic heterocycles. The van der Waals surface area contributed by atoms with Crippen LogP contribution in [0.2, 0.25) is 0 Å². The van der Waals surface area contributed by atoms with Gasteiger partial charge in [0.2, 0.25) is 11.8 Å². The van der Waals surface area contributed by atoms with Gasteiger partial charge >= 0.3 is 5.69 Å². The zero-order valence-corrected chi connectivity index (χ0v) is 11.6. The van der Waals surface area contributed by atoms with Crippen molar-refractivity contribution in [1.29, 1.82) is 0 Å². The Hall–Kier alpha value is -1.92. The van der Waals surface area contributed by atoms with Crippen LogP contribution >= 0.6 is 0 Å². The van der Waals surface area contributed by atoms with Gasteiger partial charge in [-0.3, -0.25) is 10.1 Å². The molecular formula is C12H21N5O2. The summed E-state index contributed by atoms with van der Waals surface area (Å²) in [7, 11) is 1.68. The number of aromatic nitrogens is 2. The van der Waals surface area contributed by atoms with Crippen molar-refractivity contribution in [3.63, 3.8) is 0 Å². The van der Waals surface area contributed by atoms with Crippen molar-refractivity contribution in [2.75, 3.05) is 17.7 Å². The summed E-state index contributed by atoms with van der Waals surface area (Å²) in [6.07, 6.45) is 5.61. The third-order valence-electron chi connectivity index (χ3n) is 2.81. The molecule has 0 aliphatic carbocycles. The minimum absolute atomic E-state index is 0.0960. The van der Waals surface area contributed by atoms with Crippen molar-refractivity contribution >= 4 is 17.5 Å². The van der Waals surface area contributed by atoms with Gasteiger partial charge in [0, 0.05) is 13.1 Å². The number of hydrogen-bond donors (Lipinski definition) is 2. The molecule has 0 aromatic carbocycles. The van der Waals surface area contributed by atoms with E-state index in [4.69, 9.17) is 0 Å². The molecule has 0 saturated heterocycles. The number of anilines is 2. The van der Waals surface area contributed by atoms with Crippen molar-refractivity contribution in [2.24, 2.45) is 0 Å². The third-order valence-corrected chi connectivity index (χ3v) is 2.81. The summed E-state index contributed by atoms with van der Waals surface area (Å²) >= 11 is 0. The Balaban J connectivity index is 2.76. The van der Waals surface area contributed by atoms with Gasteiger partial charge < -0.3 is 10.6 Å². The van der Waals surface area contributed by atoms with Crippen LogP contribution in [0.1, 0.15) is 39.5 Å². The summed E-state index contributed by atoms with van der Waals surface area (Å²) in [6, 6.07) is 0.143. The molecule has 106 valence electrons. The Morgan fingerprint density at radius 1 is 1.47 bits per heavy atom. The van der Waals surface area contributed by atoms with Crippen LogP contribution in [0, 0.1) is 10.1 Å². The summed E-state index contributed by atoms with van der Waals surface area (Å²) in [6.45, 7) is 4.15. The van der Waals surface area contributed by atoms with E-state index in [1.807, 2.05) is 6.92 Å². The molecule has 1 aromatic rings. The first-order valence-electron chi connectivity index (χ1n) is 6.54. The Labute approximate surface area is 113 Å². The average molecular weight is 267 g/mol. The van der Waals surface area contributed by atoms with Crippen molar-refractivity contribution in [2.45, 2.75) is 45.6 Å². The molecule has 1 atom stereocenters. The van der Waals surface area contributed by atoms with Gasteiger partial charge in [-0.05, 0) is 13.3 Å². The molecule has 2 N–H and O–H groups in total. The second-order valence-corrected chi connectivity index (χ2v) is 4.48. The summed E-state index contributed by atoms with van der Waals surface area (Å²) in [4.78, 5) is 18.4. The Morgan fingerprint density at radius 2 is 2.21 bits per heavy atom. The number of nitrogens with one attached hydrogen (secondary N) is 2. The molecule has 0 amide bonds. The van der Waals surface area contributed by atoms with E-state index < -0.39 is 4.92 Å². The molecule has 1 heterocycles. The van der Waals surface area contributed by atoms with E-state index >= 15 is 0 Å². The van der Waals surface area contributed by atoms with Crippen molar-refractivity contribution in [3.05, 3.63) is 16.3 Å². The Bertz CT molecular complexity index is 425. The van der Waals surface area contributed by atoms with E-state index in [2.05, 4.69) is 27.5 Å². The molecule has 0 radical (unpaired) electrons. The number of hydrogen-bond acceptors (Lipinski definition) is 6. The van der Waals surface area contributed by atoms with Crippen molar-refractivity contribution in [1.82, 2.24) is 9.97 Å². The lowest BCUT2D eigenvalue weighted by atomic mass is 10.1. The van der Waals surface area contributed by atoms with Gasteiger partial charge in [-0.15, -0.1) is 0 Å². The fourth-order valence-corrected chi connectivity index (χ4v) is 1.74. The molecule has 1 rings (SSSR count). The van der Waals surface area contributed by atoms with Gasteiger partial charge in [-0.2, -0.15) is 4.98 Å². The van der Waals surface area contributed by atoms with Gasteiger partial charge in [0.05, 0.1) is 4.92 Å². The molecule has 0 saturated carbocycles. The number of unbranched alkanes of at least 4 members (excludes halogenated alkanes) is 2. The molecule has 7 nitrogen and oxygen atoms in total. The highest BCUT2D eigenvalue weighted by molar-refractivity contribution is 5.57. The maximum absolute atomic E-state index is 10.9. The average Bonchev–Trinajstić information content (AvgIpc) is 2.38. The van der Waals surface area contributed by atoms with Crippen molar-refractivity contribution in [3.8, 4) is 0 Å². The van der Waals surface area contributed by atoms with Crippen LogP contribution in [0.4, 0.5) is 17.5 Å². The SMILES string of the molecule is CCCCCC(C)Nc1nc(NC)ncc1[N+](=O)[O-]. The molecular weight excluding hydrogens is 246 g/mol. The van der Waals surface area contributed by atoms with Crippen LogP contribution < -0.4 is 10.6 Å². The quantitative estimate of drug-likeness (QED) is 0.427. The first kappa shape index (κ1) is 15.1. The highest BCUT2D eigenvalue weighted by atomic mass is 16.6. The van der Waals surface area contributed by atoms with E-state index in [1.165, 1.54) is 12.6 Å². The second-order valence-electron chi connectivity index (χ2n) is 4.48. The number of nitrogens with zero attached hydrogens (tertiary/aromatic N) is 3. The summed E-state index contributed by atoms with van der Waals surface area (Å²) in [5.41, 5.74) is -0.0960. The maximum atomic E-state index is 10.9. The lowest BCUT2D eigenvalue weighted by Crippen LogP contribution is -2.17. The van der Waals surface area contributed by atoms with Crippen LogP contribution in [-0.2, 0) is 0 Å². The zero-order chi connectivity index (χ0) is 14.3. The van der Waals surface area contributed by atoms with E-state index in [-0.39, 0.29) is 17.5 Å². The molecule has 0 fully saturated rings. The number of nitro groups is 1. The Morgan fingerprint density at radius 3 is 2.79 bits per heavy atom. The Kier molecular flexibility index (Phi) is 5.98. The predicted molar refractivity (Wildman–Crippen MR) is 75.5 cm³/mol. The molecule has 19 heavy (non-hydrogen) atoms. The summed E-state index contributed by atoms with van der Waals surface area (Å²) in [5, 5.41) is 16.8. The van der Waals surface area contributed by atoms with Gasteiger partial charge in [0.25, 0.3) is 0 Å². The molecule has 1 unspecified atom stereocenters. The van der Waals surface area contributed by atoms with Gasteiger partial charge in [-0.25, -0.2) is 4.98 Å². The van der Waals surface area contributed by atoms with Crippen molar-refractivity contribution < 1.29 is 4.92 Å². The van der Waals surface area contributed by atoms with E-state index in [0.29, 0.717) is 5.95 Å². The fraction of sp³-hybridized carbons (Fsp3) is 0.667. The third kappa shape index (κ3) is 4.69. The molecule has 0 bridgehead atoms. The summed E-state index contributed by atoms with van der Waals surface area (Å²) in [5.74, 6) is 0.641. The minimum Gasteiger partial charge on any atom is -0.362 e. The van der Waals surface area contributed by atoms with Gasteiger partial charge in [0.15, 0.2) is 0 Å². The predicted octanol–water partition coefficient (Wildman–Crippen LogP) is 2.81. The highest BCUT2D eigenvalue weighted by Crippen LogP contribution is 2.23. The van der Waals surface area contributed by atoms with Gasteiger partial charge in [-0.1, -0.05) is 26.2 Å². The van der Waals surface area contributed by atoms with Crippen LogP contribution in [0.5, 0.6) is 0 Å². The van der Waals surface area contributed by atoms with E-state index in [0.717, 1.165) is 19.3 Å². The topological polar surface area (TPSA) is 93.0 Å². The van der Waals surface area contributed by atoms with E-state index in [1.54, 1.807) is 7.05 Å². The maximum Gasteiger partial charge on any atom is 0.329 e. The largest absolute Gasteiger partial charge is 0.362 e. The van der Waals surface area contributed by atoms with Crippen LogP contribution in [-0.4, -0.2) is 28.0 Å². The summed E-state index contributed by atoms with van der Waals surface area (Å²) < 4.78 is 0. The van der Waals surface area contributed by atoms with Crippen LogP contribution in [0.3, 0.4) is 0 Å². The fourth-order valence-electron chi connectivity index (χ4n) is 1.74. The molecule has 0 aliphatic rings. The van der Waals surface area contributed by atoms with Crippen LogP contribution in [0.15, 0.2) is 6.20 Å². The van der Waals surface area contributed by atoms with Gasteiger partial charge in [0.1, 0.15) is 6.20 Å². The second kappa shape index (κ2) is 7.50. The lowest BCUT2D eigenvalue weighted by molar-refractivity contribution is -0.384. The van der Waals surface area contributed by atoms with E-state index in [9.17, 15) is 10.1 Å². The smallest absolute Gasteiger partial charge is 0.329 e. The monoisotopic (exact) mass is 267 g/mol. The first-order valence-corrected chi connectivity index (χ1v) is 6.54. The number of rotatable bonds is 8. The standard InChI is InChI=1S/C12H21N5O2/c1-4-5-6-7-9(2)15-11-10(17(18)19)8-14-12(13-3)16-11/h8-9H,4-7H2,1-3H3,(H2,13,14,15,16). The van der Waals surface area contributed by atoms with Crippen LogP contribution in [0.25, 0.3) is 0 Å². The lowest BCUT2D eigenvalue weighted by Gasteiger charge is -2.14. The molecule has 0 spiro atoms.